The van der Waals surface area contributed by atoms with Crippen molar-refractivity contribution in [2.75, 3.05) is 20.4 Å². The third-order valence-corrected chi connectivity index (χ3v) is 2.10. The van der Waals surface area contributed by atoms with Crippen LogP contribution in [0.4, 0.5) is 0 Å². The molecule has 0 saturated heterocycles. The Morgan fingerprint density at radius 1 is 1.67 bits per heavy atom. The molecule has 0 aliphatic carbocycles. The molecule has 0 radical (unpaired) electrons. The average Bonchev–Trinajstić information content (AvgIpc) is 1.96. The van der Waals surface area contributed by atoms with Crippen molar-refractivity contribution in [3.05, 3.63) is 12.8 Å². The summed E-state index contributed by atoms with van der Waals surface area (Å²) in [5.74, 6) is 0. The summed E-state index contributed by atoms with van der Waals surface area (Å²) >= 11 is 0. The molecule has 0 atom stereocenters. The summed E-state index contributed by atoms with van der Waals surface area (Å²) in [7, 11) is -0.560. The van der Waals surface area contributed by atoms with Crippen LogP contribution in [0.15, 0.2) is 17.8 Å². The van der Waals surface area contributed by atoms with Gasteiger partial charge in [0.25, 0.3) is 0 Å². The number of amidine groups is 1. The molecule has 0 fully saturated rings. The van der Waals surface area contributed by atoms with E-state index in [0.717, 1.165) is 17.5 Å². The summed E-state index contributed by atoms with van der Waals surface area (Å²) in [5.41, 5.74) is 0. The van der Waals surface area contributed by atoms with Gasteiger partial charge in [-0.05, 0) is 0 Å². The molecular weight excluding hydrogens is 180 g/mol. The Morgan fingerprint density at radius 3 is 2.42 bits per heavy atom. The number of rotatable bonds is 2. The van der Waals surface area contributed by atoms with Gasteiger partial charge in [-0.3, -0.25) is 4.84 Å². The molecule has 0 rings (SSSR count). The fourth-order valence-electron chi connectivity index (χ4n) is 0.567. The van der Waals surface area contributed by atoms with Gasteiger partial charge in [0, 0.05) is 19.5 Å². The van der Waals surface area contributed by atoms with Crippen molar-refractivity contribution in [3.63, 3.8) is 0 Å². The molecule has 70 valence electrons. The minimum Gasteiger partial charge on any atom is -0.275 e. The van der Waals surface area contributed by atoms with Crippen molar-refractivity contribution < 1.29 is 13.3 Å². The summed E-state index contributed by atoms with van der Waals surface area (Å²) in [5, 5.41) is 0.886. The van der Waals surface area contributed by atoms with Crippen LogP contribution >= 0.6 is 0 Å². The number of aliphatic imine (C=N–C) groups is 1. The van der Waals surface area contributed by atoms with Crippen LogP contribution in [0.1, 0.15) is 0 Å². The van der Waals surface area contributed by atoms with Gasteiger partial charge in [0.15, 0.2) is 0 Å². The van der Waals surface area contributed by atoms with E-state index in [4.69, 9.17) is 0 Å². The second kappa shape index (κ2) is 4.22. The Bertz CT molecular complexity index is 281. The number of hydrogen-bond donors (Lipinski definition) is 0. The molecule has 0 aliphatic heterocycles. The molecule has 0 bridgehead atoms. The highest BCUT2D eigenvalue weighted by molar-refractivity contribution is 8.05. The highest BCUT2D eigenvalue weighted by atomic mass is 32.2. The van der Waals surface area contributed by atoms with E-state index in [1.807, 2.05) is 0 Å². The second-order valence-corrected chi connectivity index (χ2v) is 3.96. The Labute approximate surface area is 72.2 Å². The van der Waals surface area contributed by atoms with Gasteiger partial charge >= 0.3 is 0 Å². The van der Waals surface area contributed by atoms with Gasteiger partial charge in [-0.15, -0.1) is 0 Å². The molecule has 0 amide bonds. The van der Waals surface area contributed by atoms with E-state index in [0.29, 0.717) is 0 Å². The van der Waals surface area contributed by atoms with Crippen LogP contribution in [0.2, 0.25) is 0 Å². The largest absolute Gasteiger partial charge is 0.275 e. The quantitative estimate of drug-likeness (QED) is 0.351. The maximum absolute atomic E-state index is 11.0. The smallest absolute Gasteiger partial charge is 0.246 e. The van der Waals surface area contributed by atoms with E-state index in [1.165, 1.54) is 14.2 Å². The molecule has 12 heavy (non-hydrogen) atoms. The van der Waals surface area contributed by atoms with Gasteiger partial charge in [0.1, 0.15) is 0 Å². The van der Waals surface area contributed by atoms with Crippen LogP contribution in [0.25, 0.3) is 0 Å². The van der Waals surface area contributed by atoms with E-state index in [-0.39, 0.29) is 5.17 Å². The lowest BCUT2D eigenvalue weighted by atomic mass is 11.0. The van der Waals surface area contributed by atoms with Crippen molar-refractivity contribution in [1.29, 1.82) is 0 Å². The predicted octanol–water partition coefficient (Wildman–Crippen LogP) is 0.0237. The first kappa shape index (κ1) is 11.1. The Morgan fingerprint density at radius 2 is 2.17 bits per heavy atom. The maximum atomic E-state index is 11.0. The highest BCUT2D eigenvalue weighted by Crippen LogP contribution is 1.97. The van der Waals surface area contributed by atoms with Gasteiger partial charge in [0.2, 0.25) is 15.0 Å². The van der Waals surface area contributed by atoms with Crippen molar-refractivity contribution in [3.8, 4) is 0 Å². The first-order valence-electron chi connectivity index (χ1n) is 3.10. The minimum absolute atomic E-state index is 0.167. The fraction of sp³-hybridized carbons (Fsp3) is 0.500. The van der Waals surface area contributed by atoms with Crippen LogP contribution in [-0.2, 0) is 14.7 Å². The molecule has 5 nitrogen and oxygen atoms in total. The number of sulfone groups is 1. The van der Waals surface area contributed by atoms with Gasteiger partial charge in [-0.1, -0.05) is 6.58 Å². The number of hydrogen-bond acceptors (Lipinski definition) is 4. The molecule has 0 aromatic rings. The lowest BCUT2D eigenvalue weighted by Crippen LogP contribution is -2.31. The number of nitrogens with zero attached hydrogens (tertiary/aromatic N) is 2. The van der Waals surface area contributed by atoms with Crippen molar-refractivity contribution >= 4 is 15.0 Å². The van der Waals surface area contributed by atoms with E-state index < -0.39 is 9.84 Å². The normalized spacial score (nSPS) is 12.8. The van der Waals surface area contributed by atoms with Gasteiger partial charge < -0.3 is 0 Å². The van der Waals surface area contributed by atoms with E-state index in [1.54, 1.807) is 0 Å². The molecule has 6 heteroatoms. The van der Waals surface area contributed by atoms with Crippen LogP contribution in [0.3, 0.4) is 0 Å². The lowest BCUT2D eigenvalue weighted by molar-refractivity contribution is -0.0387. The number of hydroxylamine groups is 2. The van der Waals surface area contributed by atoms with Gasteiger partial charge in [-0.2, -0.15) is 0 Å². The maximum Gasteiger partial charge on any atom is 0.246 e. The molecule has 0 aliphatic rings. The topological polar surface area (TPSA) is 59.0 Å². The third-order valence-electron chi connectivity index (χ3n) is 1.08. The Kier molecular flexibility index (Phi) is 3.91. The van der Waals surface area contributed by atoms with Crippen molar-refractivity contribution in [1.82, 2.24) is 5.06 Å². The van der Waals surface area contributed by atoms with Crippen LogP contribution in [-0.4, -0.2) is 39.1 Å². The third kappa shape index (κ3) is 3.02. The first-order valence-corrected chi connectivity index (χ1v) is 4.99. The molecule has 0 saturated carbocycles. The van der Waals surface area contributed by atoms with Crippen LogP contribution < -0.4 is 0 Å². The lowest BCUT2D eigenvalue weighted by Gasteiger charge is -2.15. The van der Waals surface area contributed by atoms with Crippen molar-refractivity contribution in [2.45, 2.75) is 0 Å². The SMILES string of the molecule is C=C/N=C(\N(C)OC)S(C)(=O)=O. The molecule has 0 spiro atoms. The van der Waals surface area contributed by atoms with E-state index >= 15 is 0 Å². The molecule has 0 aromatic carbocycles. The summed E-state index contributed by atoms with van der Waals surface area (Å²) in [4.78, 5) is 8.23. The van der Waals surface area contributed by atoms with Gasteiger partial charge in [0.05, 0.1) is 7.11 Å². The van der Waals surface area contributed by atoms with E-state index in [2.05, 4.69) is 16.4 Å². The van der Waals surface area contributed by atoms with Crippen LogP contribution in [0, 0.1) is 0 Å². The minimum atomic E-state index is -3.36. The zero-order valence-electron chi connectivity index (χ0n) is 7.31. The highest BCUT2D eigenvalue weighted by Gasteiger charge is 2.17. The first-order chi connectivity index (χ1) is 5.43. The Balaban J connectivity index is 4.94. The Hall–Kier alpha value is -0.880. The predicted molar refractivity (Wildman–Crippen MR) is 47.2 cm³/mol. The summed E-state index contributed by atoms with van der Waals surface area (Å²) in [6.45, 7) is 3.30. The molecule has 0 N–H and O–H groups in total. The molecular formula is C6H12N2O3S. The fourth-order valence-corrected chi connectivity index (χ4v) is 1.37. The molecule has 0 unspecified atom stereocenters. The average molecular weight is 192 g/mol. The summed E-state index contributed by atoms with van der Waals surface area (Å²) < 4.78 is 22.0. The van der Waals surface area contributed by atoms with E-state index in [9.17, 15) is 8.42 Å². The molecule has 0 aromatic heterocycles. The second-order valence-electron chi connectivity index (χ2n) is 2.05. The van der Waals surface area contributed by atoms with Crippen molar-refractivity contribution in [2.24, 2.45) is 4.99 Å². The zero-order valence-corrected chi connectivity index (χ0v) is 8.13. The standard InChI is InChI=1S/C6H12N2O3S/c1-5-7-6(8(2)11-3)12(4,9)10/h5H,1H2,2-4H3/b7-6+. The monoisotopic (exact) mass is 192 g/mol. The molecule has 0 heterocycles. The zero-order chi connectivity index (χ0) is 9.78. The summed E-state index contributed by atoms with van der Waals surface area (Å²) in [6, 6.07) is 0. The summed E-state index contributed by atoms with van der Waals surface area (Å²) in [6.07, 6.45) is 2.19. The van der Waals surface area contributed by atoms with Crippen LogP contribution in [0.5, 0.6) is 0 Å². The van der Waals surface area contributed by atoms with Gasteiger partial charge in [-0.25, -0.2) is 18.5 Å².